The van der Waals surface area contributed by atoms with Crippen molar-refractivity contribution >= 4 is 11.2 Å². The van der Waals surface area contributed by atoms with Crippen LogP contribution in [0.2, 0.25) is 0 Å². The van der Waals surface area contributed by atoms with Crippen molar-refractivity contribution in [1.29, 1.82) is 0 Å². The van der Waals surface area contributed by atoms with Crippen LogP contribution in [0.15, 0.2) is 70.4 Å². The van der Waals surface area contributed by atoms with Gasteiger partial charge in [-0.1, -0.05) is 6.07 Å². The van der Waals surface area contributed by atoms with Gasteiger partial charge in [0.05, 0.1) is 23.4 Å². The highest BCUT2D eigenvalue weighted by molar-refractivity contribution is 5.74. The molecule has 7 heteroatoms. The molecule has 128 valence electrons. The number of fused-ring (bicyclic) bond motifs is 1. The lowest BCUT2D eigenvalue weighted by Gasteiger charge is -2.10. The van der Waals surface area contributed by atoms with Crippen LogP contribution in [0.25, 0.3) is 22.4 Å². The highest BCUT2D eigenvalue weighted by atomic mass is 19.1. The molecule has 1 N–H and O–H groups in total. The minimum Gasteiger partial charge on any atom is -0.315 e. The summed E-state index contributed by atoms with van der Waals surface area (Å²) >= 11 is 0. The second-order valence-corrected chi connectivity index (χ2v) is 5.74. The molecule has 26 heavy (non-hydrogen) atoms. The smallest absolute Gasteiger partial charge is 0.315 e. The maximum absolute atomic E-state index is 13.1. The Morgan fingerprint density at radius 1 is 1.00 bits per heavy atom. The fourth-order valence-electron chi connectivity index (χ4n) is 2.73. The van der Waals surface area contributed by atoms with Crippen LogP contribution in [0, 0.1) is 5.82 Å². The Balaban J connectivity index is 1.92. The van der Waals surface area contributed by atoms with Gasteiger partial charge in [0.25, 0.3) is 0 Å². The van der Waals surface area contributed by atoms with Crippen LogP contribution < -0.4 is 11.1 Å². The first-order valence-corrected chi connectivity index (χ1v) is 7.91. The molecule has 0 atom stereocenters. The number of pyridine rings is 2. The molecule has 0 aliphatic carbocycles. The van der Waals surface area contributed by atoms with Gasteiger partial charge in [0.2, 0.25) is 0 Å². The van der Waals surface area contributed by atoms with E-state index in [1.165, 1.54) is 16.7 Å². The Labute approximate surface area is 146 Å². The number of hydrogen-bond donors (Lipinski definition) is 1. The van der Waals surface area contributed by atoms with E-state index in [4.69, 9.17) is 0 Å². The van der Waals surface area contributed by atoms with Crippen LogP contribution in [0.1, 0.15) is 5.69 Å². The Morgan fingerprint density at radius 2 is 1.81 bits per heavy atom. The van der Waals surface area contributed by atoms with Gasteiger partial charge in [-0.05, 0) is 48.5 Å². The summed E-state index contributed by atoms with van der Waals surface area (Å²) in [4.78, 5) is 35.6. The van der Waals surface area contributed by atoms with Crippen LogP contribution in [0.5, 0.6) is 0 Å². The average Bonchev–Trinajstić information content (AvgIpc) is 2.67. The first-order chi connectivity index (χ1) is 12.6. The second kappa shape index (κ2) is 6.36. The molecule has 0 fully saturated rings. The molecule has 0 amide bonds. The maximum atomic E-state index is 13.1. The molecule has 0 unspecified atom stereocenters. The number of aromatic amines is 1. The molecule has 3 heterocycles. The summed E-state index contributed by atoms with van der Waals surface area (Å²) in [6.07, 6.45) is 1.62. The Hall–Kier alpha value is -3.61. The first-order valence-electron chi connectivity index (χ1n) is 7.91. The molecule has 0 radical (unpaired) electrons. The van der Waals surface area contributed by atoms with E-state index in [1.807, 2.05) is 0 Å². The van der Waals surface area contributed by atoms with Crippen molar-refractivity contribution < 1.29 is 4.39 Å². The summed E-state index contributed by atoms with van der Waals surface area (Å²) in [6.45, 7) is 0.125. The third kappa shape index (κ3) is 2.90. The molecule has 6 nitrogen and oxygen atoms in total. The molecular weight excluding hydrogens is 335 g/mol. The average molecular weight is 348 g/mol. The zero-order chi connectivity index (χ0) is 18.1. The molecule has 0 aliphatic rings. The minimum atomic E-state index is -0.718. The summed E-state index contributed by atoms with van der Waals surface area (Å²) in [6, 6.07) is 14.6. The predicted octanol–water partition coefficient (Wildman–Crippen LogP) is 2.33. The molecule has 0 aliphatic heterocycles. The molecule has 4 rings (SSSR count). The number of halogens is 1. The van der Waals surface area contributed by atoms with Crippen LogP contribution in [-0.4, -0.2) is 19.5 Å². The van der Waals surface area contributed by atoms with Crippen molar-refractivity contribution in [2.75, 3.05) is 0 Å². The van der Waals surface area contributed by atoms with Crippen LogP contribution >= 0.6 is 0 Å². The van der Waals surface area contributed by atoms with Crippen molar-refractivity contribution in [2.45, 2.75) is 6.54 Å². The van der Waals surface area contributed by atoms with Gasteiger partial charge < -0.3 is 4.98 Å². The summed E-state index contributed by atoms with van der Waals surface area (Å²) in [5.74, 6) is -0.342. The molecule has 0 bridgehead atoms. The third-order valence-corrected chi connectivity index (χ3v) is 4.00. The zero-order valence-corrected chi connectivity index (χ0v) is 13.5. The third-order valence-electron chi connectivity index (χ3n) is 4.00. The van der Waals surface area contributed by atoms with E-state index in [0.29, 0.717) is 28.1 Å². The number of hydrogen-bond acceptors (Lipinski definition) is 4. The summed E-state index contributed by atoms with van der Waals surface area (Å²) in [7, 11) is 0. The molecular formula is C19H13FN4O2. The lowest BCUT2D eigenvalue weighted by atomic mass is 10.1. The van der Waals surface area contributed by atoms with Crippen molar-refractivity contribution in [3.05, 3.63) is 93.0 Å². The Morgan fingerprint density at radius 3 is 2.54 bits per heavy atom. The fraction of sp³-hybridized carbons (Fsp3) is 0.0526. The molecule has 0 spiro atoms. The normalized spacial score (nSPS) is 11.0. The van der Waals surface area contributed by atoms with E-state index in [0.717, 1.165) is 0 Å². The van der Waals surface area contributed by atoms with E-state index in [1.54, 1.807) is 48.7 Å². The molecule has 0 saturated heterocycles. The van der Waals surface area contributed by atoms with Crippen LogP contribution in [-0.2, 0) is 6.54 Å². The van der Waals surface area contributed by atoms with Gasteiger partial charge in [0.15, 0.2) is 5.65 Å². The van der Waals surface area contributed by atoms with E-state index in [2.05, 4.69) is 15.0 Å². The maximum Gasteiger partial charge on any atom is 0.318 e. The number of nitrogens with one attached hydrogen (secondary N) is 1. The Bertz CT molecular complexity index is 1200. The number of benzene rings is 1. The lowest BCUT2D eigenvalue weighted by molar-refractivity contribution is 0.628. The van der Waals surface area contributed by atoms with Gasteiger partial charge in [-0.25, -0.2) is 9.37 Å². The van der Waals surface area contributed by atoms with E-state index in [9.17, 15) is 14.0 Å². The standard InChI is InChI=1S/C19H13FN4O2/c20-13-6-4-12(5-7-13)15-8-9-16-17(22-15)24(19(26)18(25)23-16)11-14-3-1-2-10-21-14/h1-10H,11H2,(H,23,25). The molecule has 3 aromatic heterocycles. The summed E-state index contributed by atoms with van der Waals surface area (Å²) < 4.78 is 14.4. The summed E-state index contributed by atoms with van der Waals surface area (Å²) in [5, 5.41) is 0. The fourth-order valence-corrected chi connectivity index (χ4v) is 2.73. The number of nitrogens with zero attached hydrogens (tertiary/aromatic N) is 3. The van der Waals surface area contributed by atoms with Gasteiger partial charge >= 0.3 is 11.1 Å². The lowest BCUT2D eigenvalue weighted by Crippen LogP contribution is -2.37. The van der Waals surface area contributed by atoms with Gasteiger partial charge in [0, 0.05) is 11.8 Å². The highest BCUT2D eigenvalue weighted by Crippen LogP contribution is 2.19. The van der Waals surface area contributed by atoms with Gasteiger partial charge in [-0.15, -0.1) is 0 Å². The van der Waals surface area contributed by atoms with Crippen molar-refractivity contribution in [1.82, 2.24) is 19.5 Å². The predicted molar refractivity (Wildman–Crippen MR) is 95.4 cm³/mol. The zero-order valence-electron chi connectivity index (χ0n) is 13.5. The van der Waals surface area contributed by atoms with Gasteiger partial charge in [-0.2, -0.15) is 0 Å². The highest BCUT2D eigenvalue weighted by Gasteiger charge is 2.11. The van der Waals surface area contributed by atoms with Gasteiger partial charge in [-0.3, -0.25) is 19.1 Å². The number of H-pyrrole nitrogens is 1. The molecule has 1 aromatic carbocycles. The quantitative estimate of drug-likeness (QED) is 0.576. The topological polar surface area (TPSA) is 80.6 Å². The van der Waals surface area contributed by atoms with Crippen molar-refractivity contribution in [3.63, 3.8) is 0 Å². The van der Waals surface area contributed by atoms with E-state index >= 15 is 0 Å². The van der Waals surface area contributed by atoms with Crippen molar-refractivity contribution in [3.8, 4) is 11.3 Å². The van der Waals surface area contributed by atoms with Crippen LogP contribution in [0.3, 0.4) is 0 Å². The van der Waals surface area contributed by atoms with Crippen LogP contribution in [0.4, 0.5) is 4.39 Å². The SMILES string of the molecule is O=c1[nH]c2ccc(-c3ccc(F)cc3)nc2n(Cc2ccccn2)c1=O. The van der Waals surface area contributed by atoms with E-state index in [-0.39, 0.29) is 12.4 Å². The van der Waals surface area contributed by atoms with Crippen molar-refractivity contribution in [2.24, 2.45) is 0 Å². The van der Waals surface area contributed by atoms with E-state index < -0.39 is 11.1 Å². The monoisotopic (exact) mass is 348 g/mol. The largest absolute Gasteiger partial charge is 0.318 e. The molecule has 0 saturated carbocycles. The second-order valence-electron chi connectivity index (χ2n) is 5.74. The summed E-state index contributed by atoms with van der Waals surface area (Å²) in [5.41, 5.74) is 1.26. The molecule has 4 aromatic rings. The first kappa shape index (κ1) is 15.9. The minimum absolute atomic E-state index is 0.125. The van der Waals surface area contributed by atoms with Gasteiger partial charge in [0.1, 0.15) is 5.82 Å². The number of aromatic nitrogens is 4. The Kier molecular flexibility index (Phi) is 3.89. The number of rotatable bonds is 3.